The molecule has 1 aliphatic rings. The highest BCUT2D eigenvalue weighted by Crippen LogP contribution is 2.30. The molecule has 3 rings (SSSR count). The normalized spacial score (nSPS) is 14.9. The van der Waals surface area contributed by atoms with Gasteiger partial charge in [0.2, 0.25) is 0 Å². The number of halogens is 3. The van der Waals surface area contributed by atoms with Crippen LogP contribution in [-0.4, -0.2) is 23.1 Å². The third-order valence-corrected chi connectivity index (χ3v) is 4.05. The van der Waals surface area contributed by atoms with Crippen molar-refractivity contribution < 1.29 is 18.0 Å². The molecule has 0 saturated carbocycles. The maximum Gasteiger partial charge on any atom is 0.416 e. The second kappa shape index (κ2) is 7.15. The van der Waals surface area contributed by atoms with Crippen LogP contribution in [0.2, 0.25) is 0 Å². The molecule has 0 fully saturated rings. The van der Waals surface area contributed by atoms with Gasteiger partial charge in [-0.25, -0.2) is 9.99 Å². The number of carbonyl (C=O) groups is 1. The van der Waals surface area contributed by atoms with E-state index < -0.39 is 17.6 Å². The number of hydrogen-bond acceptors (Lipinski definition) is 4. The zero-order valence-electron chi connectivity index (χ0n) is 13.8. The SMILES string of the molecule is NC(=O)C1=NN(c2ccc(Cc3cccc(C(F)(F)F)c3)cn2)CCC1. The Labute approximate surface area is 148 Å². The molecule has 0 aliphatic carbocycles. The second-order valence-electron chi connectivity index (χ2n) is 6.04. The molecule has 1 aliphatic heterocycles. The van der Waals surface area contributed by atoms with Crippen molar-refractivity contribution in [3.8, 4) is 0 Å². The van der Waals surface area contributed by atoms with Gasteiger partial charge in [0.25, 0.3) is 5.91 Å². The Morgan fingerprint density at radius 2 is 2.00 bits per heavy atom. The van der Waals surface area contributed by atoms with Gasteiger partial charge in [-0.05, 0) is 42.5 Å². The number of nitrogens with two attached hydrogens (primary N) is 1. The van der Waals surface area contributed by atoms with E-state index in [1.54, 1.807) is 29.4 Å². The van der Waals surface area contributed by atoms with Crippen molar-refractivity contribution in [2.24, 2.45) is 10.8 Å². The van der Waals surface area contributed by atoms with Crippen LogP contribution in [0.4, 0.5) is 19.0 Å². The molecule has 8 heteroatoms. The summed E-state index contributed by atoms with van der Waals surface area (Å²) >= 11 is 0. The number of alkyl halides is 3. The number of hydrazone groups is 1. The van der Waals surface area contributed by atoms with Gasteiger partial charge in [0.1, 0.15) is 11.5 Å². The van der Waals surface area contributed by atoms with Gasteiger partial charge < -0.3 is 5.73 Å². The van der Waals surface area contributed by atoms with E-state index >= 15 is 0 Å². The number of pyridine rings is 1. The van der Waals surface area contributed by atoms with Crippen molar-refractivity contribution in [3.63, 3.8) is 0 Å². The fourth-order valence-corrected chi connectivity index (χ4v) is 2.75. The fraction of sp³-hybridized carbons (Fsp3) is 0.278. The maximum atomic E-state index is 12.8. The number of aromatic nitrogens is 1. The number of primary amides is 1. The lowest BCUT2D eigenvalue weighted by atomic mass is 10.0. The van der Waals surface area contributed by atoms with Crippen LogP contribution < -0.4 is 10.7 Å². The van der Waals surface area contributed by atoms with E-state index in [2.05, 4.69) is 10.1 Å². The summed E-state index contributed by atoms with van der Waals surface area (Å²) in [5.74, 6) is 0.0205. The molecule has 0 radical (unpaired) electrons. The Bertz CT molecular complexity index is 831. The highest BCUT2D eigenvalue weighted by atomic mass is 19.4. The van der Waals surface area contributed by atoms with Crippen LogP contribution in [0.15, 0.2) is 47.7 Å². The molecule has 2 N–H and O–H groups in total. The van der Waals surface area contributed by atoms with Crippen molar-refractivity contribution in [1.29, 1.82) is 0 Å². The van der Waals surface area contributed by atoms with Crippen LogP contribution in [-0.2, 0) is 17.4 Å². The van der Waals surface area contributed by atoms with Crippen LogP contribution in [0.5, 0.6) is 0 Å². The van der Waals surface area contributed by atoms with Gasteiger partial charge in [-0.3, -0.25) is 4.79 Å². The van der Waals surface area contributed by atoms with Gasteiger partial charge in [0.15, 0.2) is 0 Å². The summed E-state index contributed by atoms with van der Waals surface area (Å²) < 4.78 is 38.4. The molecule has 136 valence electrons. The third kappa shape index (κ3) is 4.19. The highest BCUT2D eigenvalue weighted by molar-refractivity contribution is 6.38. The molecule has 0 saturated heterocycles. The predicted octanol–water partition coefficient (Wildman–Crippen LogP) is 3.13. The molecule has 0 atom stereocenters. The number of anilines is 1. The summed E-state index contributed by atoms with van der Waals surface area (Å²) in [6, 6.07) is 8.76. The maximum absolute atomic E-state index is 12.8. The number of rotatable bonds is 4. The summed E-state index contributed by atoms with van der Waals surface area (Å²) in [6.45, 7) is 0.622. The smallest absolute Gasteiger partial charge is 0.364 e. The van der Waals surface area contributed by atoms with E-state index in [9.17, 15) is 18.0 Å². The average Bonchev–Trinajstić information content (AvgIpc) is 2.62. The Morgan fingerprint density at radius 3 is 2.65 bits per heavy atom. The first kappa shape index (κ1) is 17.9. The van der Waals surface area contributed by atoms with Gasteiger partial charge in [-0.2, -0.15) is 18.3 Å². The van der Waals surface area contributed by atoms with Crippen LogP contribution in [0.25, 0.3) is 0 Å². The Hall–Kier alpha value is -2.90. The first-order chi connectivity index (χ1) is 12.3. The lowest BCUT2D eigenvalue weighted by molar-refractivity contribution is -0.137. The van der Waals surface area contributed by atoms with E-state index in [0.717, 1.165) is 24.1 Å². The summed E-state index contributed by atoms with van der Waals surface area (Å²) in [5, 5.41) is 5.80. The second-order valence-corrected chi connectivity index (χ2v) is 6.04. The molecule has 1 amide bonds. The summed E-state index contributed by atoms with van der Waals surface area (Å²) in [6.07, 6.45) is -1.13. The molecule has 0 unspecified atom stereocenters. The van der Waals surface area contributed by atoms with Crippen LogP contribution in [0, 0.1) is 0 Å². The van der Waals surface area contributed by atoms with E-state index in [1.165, 1.54) is 6.07 Å². The first-order valence-electron chi connectivity index (χ1n) is 8.09. The van der Waals surface area contributed by atoms with Gasteiger partial charge in [-0.1, -0.05) is 24.3 Å². The molecule has 1 aromatic carbocycles. The van der Waals surface area contributed by atoms with Crippen molar-refractivity contribution in [3.05, 3.63) is 59.3 Å². The lowest BCUT2D eigenvalue weighted by Crippen LogP contribution is -2.33. The first-order valence-corrected chi connectivity index (χ1v) is 8.09. The molecule has 1 aromatic heterocycles. The molecular formula is C18H17F3N4O. The van der Waals surface area contributed by atoms with Crippen molar-refractivity contribution >= 4 is 17.4 Å². The van der Waals surface area contributed by atoms with Crippen LogP contribution in [0.1, 0.15) is 29.5 Å². The number of carbonyl (C=O) groups excluding carboxylic acids is 1. The minimum absolute atomic E-state index is 0.311. The predicted molar refractivity (Wildman–Crippen MR) is 91.7 cm³/mol. The van der Waals surface area contributed by atoms with Gasteiger partial charge >= 0.3 is 6.18 Å². The summed E-state index contributed by atoms with van der Waals surface area (Å²) in [7, 11) is 0. The van der Waals surface area contributed by atoms with Gasteiger partial charge in [-0.15, -0.1) is 0 Å². The molecule has 0 spiro atoms. The van der Waals surface area contributed by atoms with Crippen LogP contribution >= 0.6 is 0 Å². The minimum Gasteiger partial charge on any atom is -0.364 e. The Morgan fingerprint density at radius 1 is 1.19 bits per heavy atom. The lowest BCUT2D eigenvalue weighted by Gasteiger charge is -2.23. The number of nitrogens with zero attached hydrogens (tertiary/aromatic N) is 3. The number of benzene rings is 1. The van der Waals surface area contributed by atoms with Crippen molar-refractivity contribution in [1.82, 2.24) is 4.98 Å². The topological polar surface area (TPSA) is 71.6 Å². The van der Waals surface area contributed by atoms with E-state index in [1.807, 2.05) is 0 Å². The van der Waals surface area contributed by atoms with E-state index in [0.29, 0.717) is 36.5 Å². The van der Waals surface area contributed by atoms with Crippen molar-refractivity contribution in [2.45, 2.75) is 25.4 Å². The van der Waals surface area contributed by atoms with Gasteiger partial charge in [0.05, 0.1) is 5.56 Å². The van der Waals surface area contributed by atoms with Crippen molar-refractivity contribution in [2.75, 3.05) is 11.6 Å². The van der Waals surface area contributed by atoms with E-state index in [4.69, 9.17) is 5.73 Å². The molecular weight excluding hydrogens is 345 g/mol. The van der Waals surface area contributed by atoms with Gasteiger partial charge in [0, 0.05) is 12.7 Å². The van der Waals surface area contributed by atoms with Crippen LogP contribution in [0.3, 0.4) is 0 Å². The standard InChI is InChI=1S/C18H17F3N4O/c19-18(20,21)14-4-1-3-12(10-14)9-13-6-7-16(23-11-13)25-8-2-5-15(24-25)17(22)26/h1,3-4,6-7,10-11H,2,5,8-9H2,(H2,22,26). The fourth-order valence-electron chi connectivity index (χ4n) is 2.75. The monoisotopic (exact) mass is 362 g/mol. The summed E-state index contributed by atoms with van der Waals surface area (Å²) in [5.41, 5.74) is 6.25. The van der Waals surface area contributed by atoms with E-state index in [-0.39, 0.29) is 0 Å². The minimum atomic E-state index is -4.36. The Balaban J connectivity index is 1.74. The Kier molecular flexibility index (Phi) is 4.92. The highest BCUT2D eigenvalue weighted by Gasteiger charge is 2.30. The zero-order valence-corrected chi connectivity index (χ0v) is 13.8. The third-order valence-electron chi connectivity index (χ3n) is 4.05. The largest absolute Gasteiger partial charge is 0.416 e. The number of hydrogen-bond donors (Lipinski definition) is 1. The number of amides is 1. The average molecular weight is 362 g/mol. The molecule has 5 nitrogen and oxygen atoms in total. The molecule has 2 aromatic rings. The molecule has 2 heterocycles. The zero-order chi connectivity index (χ0) is 18.7. The summed E-state index contributed by atoms with van der Waals surface area (Å²) in [4.78, 5) is 15.6. The molecule has 0 bridgehead atoms. The quantitative estimate of drug-likeness (QED) is 0.908. The molecule has 26 heavy (non-hydrogen) atoms.